The Morgan fingerprint density at radius 1 is 1.03 bits per heavy atom. The number of benzene rings is 2. The topological polar surface area (TPSA) is 79.8 Å². The smallest absolute Gasteiger partial charge is 0.297 e. The van der Waals surface area contributed by atoms with E-state index < -0.39 is 0 Å². The van der Waals surface area contributed by atoms with Crippen molar-refractivity contribution in [3.05, 3.63) is 82.9 Å². The molecule has 3 aromatic rings. The first-order valence-corrected chi connectivity index (χ1v) is 11.3. The van der Waals surface area contributed by atoms with E-state index in [0.29, 0.717) is 17.9 Å². The van der Waals surface area contributed by atoms with Crippen LogP contribution in [0.25, 0.3) is 28.0 Å². The molecular weight excluding hydrogens is 416 g/mol. The van der Waals surface area contributed by atoms with Gasteiger partial charge in [0, 0.05) is 24.4 Å². The highest BCUT2D eigenvalue weighted by molar-refractivity contribution is 5.92. The highest BCUT2D eigenvalue weighted by atomic mass is 16.5. The molecule has 0 saturated carbocycles. The molecule has 0 unspecified atom stereocenters. The monoisotopic (exact) mass is 440 g/mol. The summed E-state index contributed by atoms with van der Waals surface area (Å²) in [6, 6.07) is 18.0. The van der Waals surface area contributed by atoms with Gasteiger partial charge in [-0.1, -0.05) is 30.3 Å². The SMILES string of the molecule is C[C@@H]1OCCC[C@@H]1n1nc2c3ccccc3n(Cc3ccc(-n4cccn4)cc3)nc-2c1=O. The molecule has 8 nitrogen and oxygen atoms in total. The number of fused-ring (bicyclic) bond motifs is 3. The predicted octanol–water partition coefficient (Wildman–Crippen LogP) is 3.67. The molecule has 0 bridgehead atoms. The molecule has 1 aromatic heterocycles. The third-order valence-electron chi connectivity index (χ3n) is 6.42. The minimum Gasteiger partial charge on any atom is -0.376 e. The first kappa shape index (κ1) is 19.9. The number of hydrogen-bond acceptors (Lipinski definition) is 5. The molecule has 0 radical (unpaired) electrons. The van der Waals surface area contributed by atoms with Crippen molar-refractivity contribution < 1.29 is 4.74 Å². The fraction of sp³-hybridized carbons (Fsp3) is 0.280. The van der Waals surface area contributed by atoms with E-state index in [1.54, 1.807) is 10.9 Å². The van der Waals surface area contributed by atoms with Gasteiger partial charge in [-0.2, -0.15) is 15.3 Å². The van der Waals surface area contributed by atoms with Crippen molar-refractivity contribution >= 4 is 10.9 Å². The first-order chi connectivity index (χ1) is 16.2. The van der Waals surface area contributed by atoms with Crippen LogP contribution in [0.3, 0.4) is 0 Å². The maximum absolute atomic E-state index is 13.4. The molecule has 8 heteroatoms. The molecule has 1 fully saturated rings. The Morgan fingerprint density at radius 3 is 2.67 bits per heavy atom. The van der Waals surface area contributed by atoms with Crippen LogP contribution in [-0.2, 0) is 11.3 Å². The summed E-state index contributed by atoms with van der Waals surface area (Å²) in [5.41, 5.74) is 3.92. The first-order valence-electron chi connectivity index (χ1n) is 11.3. The van der Waals surface area contributed by atoms with Gasteiger partial charge in [0.05, 0.1) is 29.9 Å². The van der Waals surface area contributed by atoms with Crippen LogP contribution in [0, 0.1) is 0 Å². The van der Waals surface area contributed by atoms with Gasteiger partial charge >= 0.3 is 0 Å². The van der Waals surface area contributed by atoms with Gasteiger partial charge in [0.15, 0.2) is 5.69 Å². The maximum atomic E-state index is 13.4. The van der Waals surface area contributed by atoms with Gasteiger partial charge in [0.1, 0.15) is 5.69 Å². The molecule has 0 aliphatic carbocycles. The summed E-state index contributed by atoms with van der Waals surface area (Å²) in [6.07, 6.45) is 5.43. The van der Waals surface area contributed by atoms with Crippen LogP contribution in [0.4, 0.5) is 0 Å². The highest BCUT2D eigenvalue weighted by Gasteiger charge is 2.30. The summed E-state index contributed by atoms with van der Waals surface area (Å²) in [7, 11) is 0. The number of para-hydroxylation sites is 1. The van der Waals surface area contributed by atoms with Gasteiger partial charge < -0.3 is 4.74 Å². The number of aromatic nitrogens is 6. The molecule has 0 amide bonds. The predicted molar refractivity (Wildman–Crippen MR) is 125 cm³/mol. The molecule has 4 heterocycles. The van der Waals surface area contributed by atoms with Crippen LogP contribution in [0.5, 0.6) is 0 Å². The summed E-state index contributed by atoms with van der Waals surface area (Å²) < 4.78 is 11.1. The van der Waals surface area contributed by atoms with Crippen molar-refractivity contribution in [2.75, 3.05) is 6.61 Å². The standard InChI is InChI=1S/C25H24N6O2/c1-17-21(8-4-15-33-17)31-25(32)24-23(28-31)20-6-2-3-7-22(20)30(27-24)16-18-9-11-19(12-10-18)29-14-5-13-26-29/h2-3,5-7,9-14,17,21H,4,8,15-16H2,1H3/t17-,21-/m0/s1. The summed E-state index contributed by atoms with van der Waals surface area (Å²) in [5, 5.41) is 14.7. The molecular formula is C25H24N6O2. The van der Waals surface area contributed by atoms with Gasteiger partial charge in [0.25, 0.3) is 5.56 Å². The fourth-order valence-corrected chi connectivity index (χ4v) is 4.68. The van der Waals surface area contributed by atoms with Crippen molar-refractivity contribution in [1.29, 1.82) is 0 Å². The van der Waals surface area contributed by atoms with Crippen LogP contribution < -0.4 is 5.56 Å². The van der Waals surface area contributed by atoms with Crippen molar-refractivity contribution in [2.24, 2.45) is 0 Å². The largest absolute Gasteiger partial charge is 0.376 e. The van der Waals surface area contributed by atoms with E-state index in [9.17, 15) is 4.79 Å². The van der Waals surface area contributed by atoms with Gasteiger partial charge in [0.2, 0.25) is 0 Å². The van der Waals surface area contributed by atoms with Gasteiger partial charge in [-0.3, -0.25) is 9.48 Å². The Kier molecular flexibility index (Phi) is 4.80. The van der Waals surface area contributed by atoms with E-state index in [-0.39, 0.29) is 17.7 Å². The van der Waals surface area contributed by atoms with Crippen LogP contribution in [-0.4, -0.2) is 42.1 Å². The third-order valence-corrected chi connectivity index (χ3v) is 6.42. The van der Waals surface area contributed by atoms with E-state index >= 15 is 0 Å². The van der Waals surface area contributed by atoms with Crippen molar-refractivity contribution in [3.8, 4) is 17.1 Å². The normalized spacial score (nSPS) is 18.8. The molecule has 2 aromatic carbocycles. The van der Waals surface area contributed by atoms with E-state index in [1.807, 2.05) is 64.9 Å². The molecule has 3 aliphatic rings. The Balaban J connectivity index is 1.43. The zero-order valence-corrected chi connectivity index (χ0v) is 18.3. The molecule has 0 spiro atoms. The second-order valence-electron chi connectivity index (χ2n) is 8.52. The zero-order chi connectivity index (χ0) is 22.4. The zero-order valence-electron chi connectivity index (χ0n) is 18.3. The van der Waals surface area contributed by atoms with Gasteiger partial charge in [-0.15, -0.1) is 0 Å². The summed E-state index contributed by atoms with van der Waals surface area (Å²) in [6.45, 7) is 3.28. The van der Waals surface area contributed by atoms with Crippen molar-refractivity contribution in [1.82, 2.24) is 29.3 Å². The number of hydrogen-bond donors (Lipinski definition) is 0. The second-order valence-corrected chi connectivity index (χ2v) is 8.52. The number of rotatable bonds is 4. The molecule has 166 valence electrons. The average Bonchev–Trinajstić information content (AvgIpc) is 3.49. The Labute approximate surface area is 190 Å². The maximum Gasteiger partial charge on any atom is 0.297 e. The van der Waals surface area contributed by atoms with E-state index in [4.69, 9.17) is 14.9 Å². The van der Waals surface area contributed by atoms with Crippen LogP contribution in [0.15, 0.2) is 71.8 Å². The van der Waals surface area contributed by atoms with Crippen LogP contribution in [0.2, 0.25) is 0 Å². The Morgan fingerprint density at radius 2 is 1.88 bits per heavy atom. The minimum atomic E-state index is -0.152. The molecule has 0 N–H and O–H groups in total. The number of nitrogens with zero attached hydrogens (tertiary/aromatic N) is 6. The molecule has 1 saturated heterocycles. The molecule has 33 heavy (non-hydrogen) atoms. The van der Waals surface area contributed by atoms with E-state index in [2.05, 4.69) is 17.2 Å². The van der Waals surface area contributed by atoms with E-state index in [1.165, 1.54) is 0 Å². The lowest BCUT2D eigenvalue weighted by atomic mass is 10.0. The van der Waals surface area contributed by atoms with Crippen molar-refractivity contribution in [2.45, 2.75) is 38.5 Å². The van der Waals surface area contributed by atoms with E-state index in [0.717, 1.165) is 41.6 Å². The minimum absolute atomic E-state index is 0.0487. The summed E-state index contributed by atoms with van der Waals surface area (Å²) in [5.74, 6) is 0. The fourth-order valence-electron chi connectivity index (χ4n) is 4.68. The lowest BCUT2D eigenvalue weighted by Gasteiger charge is -2.28. The third kappa shape index (κ3) is 3.43. The summed E-state index contributed by atoms with van der Waals surface area (Å²) >= 11 is 0. The average molecular weight is 441 g/mol. The lowest BCUT2D eigenvalue weighted by molar-refractivity contribution is -0.0134. The van der Waals surface area contributed by atoms with Crippen LogP contribution in [0.1, 0.15) is 31.4 Å². The Hall–Kier alpha value is -3.78. The second kappa shape index (κ2) is 7.97. The highest BCUT2D eigenvalue weighted by Crippen LogP contribution is 2.29. The summed E-state index contributed by atoms with van der Waals surface area (Å²) in [4.78, 5) is 13.4. The van der Waals surface area contributed by atoms with Gasteiger partial charge in [-0.25, -0.2) is 9.36 Å². The van der Waals surface area contributed by atoms with Gasteiger partial charge in [-0.05, 0) is 49.6 Å². The molecule has 2 atom stereocenters. The number of ether oxygens (including phenoxy) is 1. The lowest BCUT2D eigenvalue weighted by Crippen LogP contribution is -2.35. The van der Waals surface area contributed by atoms with Crippen LogP contribution >= 0.6 is 0 Å². The Bertz CT molecular complexity index is 1430. The quantitative estimate of drug-likeness (QED) is 0.426. The molecule has 3 aliphatic heterocycles. The van der Waals surface area contributed by atoms with Crippen molar-refractivity contribution in [3.63, 3.8) is 0 Å². The molecule has 6 rings (SSSR count).